The number of hydrogen-bond acceptors (Lipinski definition) is 8. The fraction of sp³-hybridized carbons (Fsp3) is 0.324. The molecule has 14 heteroatoms. The van der Waals surface area contributed by atoms with Crippen molar-refractivity contribution in [1.82, 2.24) is 29.6 Å². The molecule has 1 N–H and O–H groups in total. The molecule has 48 heavy (non-hydrogen) atoms. The average Bonchev–Trinajstić information content (AvgIpc) is 3.49. The highest BCUT2D eigenvalue weighted by molar-refractivity contribution is 7.90. The summed E-state index contributed by atoms with van der Waals surface area (Å²) in [5.41, 5.74) is 2.43. The lowest BCUT2D eigenvalue weighted by Gasteiger charge is -2.41. The van der Waals surface area contributed by atoms with E-state index in [0.29, 0.717) is 39.0 Å². The van der Waals surface area contributed by atoms with E-state index in [1.807, 2.05) is 32.9 Å². The molecule has 11 nitrogen and oxygen atoms in total. The van der Waals surface area contributed by atoms with E-state index in [0.717, 1.165) is 6.26 Å². The third-order valence-electron chi connectivity index (χ3n) is 8.84. The summed E-state index contributed by atoms with van der Waals surface area (Å²) in [5, 5.41) is 7.71. The Labute approximate surface area is 275 Å². The van der Waals surface area contributed by atoms with Crippen molar-refractivity contribution in [2.24, 2.45) is 0 Å². The zero-order valence-electron chi connectivity index (χ0n) is 27.4. The molecule has 1 aliphatic heterocycles. The van der Waals surface area contributed by atoms with Gasteiger partial charge in [-0.25, -0.2) is 22.2 Å². The summed E-state index contributed by atoms with van der Waals surface area (Å²) in [6.45, 7) is 12.3. The van der Waals surface area contributed by atoms with Crippen molar-refractivity contribution in [2.75, 3.05) is 30.8 Å². The first kappa shape index (κ1) is 32.9. The lowest BCUT2D eigenvalue weighted by atomic mass is 9.99. The highest BCUT2D eigenvalue weighted by atomic mass is 32.2. The minimum atomic E-state index is -4.26. The number of nitrogens with one attached hydrogen (secondary N) is 1. The average molecular weight is 676 g/mol. The SMILES string of the molecule is C=C(F)C(=O)N1CCN(c2c(S(C)(=O)=O)c(=O)n(-c3c(C)ccnc3C(C)C)c3nc(-c4c(C)ccc5[nH]ncc45)c(F)cc23)C[C@H]1C. The van der Waals surface area contributed by atoms with Gasteiger partial charge >= 0.3 is 0 Å². The van der Waals surface area contributed by atoms with Gasteiger partial charge in [0.25, 0.3) is 11.5 Å². The van der Waals surface area contributed by atoms with Crippen LogP contribution in [0.1, 0.15) is 43.5 Å². The van der Waals surface area contributed by atoms with Gasteiger partial charge in [-0.2, -0.15) is 5.10 Å². The standard InChI is InChI=1S/C34H35F2N7O4S/c1-17(2)27-29(19(4)10-11-37-27)43-32-22(14-24(36)28(39-32)26-18(3)8-9-25-23(26)15-38-40-25)30(31(34(43)45)48(7,46)47)41-12-13-42(20(5)16-41)33(44)21(6)35/h8-11,14-15,17,20H,6,12-13,16H2,1-5,7H3,(H,38,40)/t20-/m1/s1. The molecule has 0 unspecified atom stereocenters. The molecule has 0 bridgehead atoms. The van der Waals surface area contributed by atoms with Crippen LogP contribution in [0.4, 0.5) is 14.5 Å². The van der Waals surface area contributed by atoms with Gasteiger partial charge < -0.3 is 9.80 Å². The quantitative estimate of drug-likeness (QED) is 0.245. The summed E-state index contributed by atoms with van der Waals surface area (Å²) in [4.78, 5) is 39.1. The van der Waals surface area contributed by atoms with Gasteiger partial charge in [0.15, 0.2) is 26.2 Å². The van der Waals surface area contributed by atoms with E-state index >= 15 is 4.39 Å². The third kappa shape index (κ3) is 5.33. The van der Waals surface area contributed by atoms with Crippen LogP contribution >= 0.6 is 0 Å². The number of fused-ring (bicyclic) bond motifs is 2. The molecule has 0 saturated carbocycles. The first-order valence-electron chi connectivity index (χ1n) is 15.4. The van der Waals surface area contributed by atoms with Crippen LogP contribution in [0.2, 0.25) is 0 Å². The maximum atomic E-state index is 16.6. The summed E-state index contributed by atoms with van der Waals surface area (Å²) in [7, 11) is -4.26. The van der Waals surface area contributed by atoms with E-state index in [1.54, 1.807) is 37.2 Å². The maximum absolute atomic E-state index is 16.6. The summed E-state index contributed by atoms with van der Waals surface area (Å²) < 4.78 is 58.9. The Morgan fingerprint density at radius 2 is 1.83 bits per heavy atom. The summed E-state index contributed by atoms with van der Waals surface area (Å²) in [6, 6.07) is 5.95. The van der Waals surface area contributed by atoms with Crippen LogP contribution in [-0.4, -0.2) is 75.9 Å². The Hall–Kier alpha value is -4.98. The molecule has 1 amide bonds. The molecule has 4 aromatic heterocycles. The van der Waals surface area contributed by atoms with E-state index in [-0.39, 0.29) is 48.0 Å². The first-order valence-corrected chi connectivity index (χ1v) is 17.3. The zero-order valence-corrected chi connectivity index (χ0v) is 28.2. The number of carbonyl (C=O) groups is 1. The van der Waals surface area contributed by atoms with E-state index in [4.69, 9.17) is 4.98 Å². The molecule has 1 aromatic carbocycles. The minimum Gasteiger partial charge on any atom is -0.366 e. The van der Waals surface area contributed by atoms with Gasteiger partial charge in [0.2, 0.25) is 0 Å². The topological polar surface area (TPSA) is 134 Å². The number of hydrogen-bond donors (Lipinski definition) is 1. The van der Waals surface area contributed by atoms with Crippen LogP contribution in [0.3, 0.4) is 0 Å². The number of H-pyrrole nitrogens is 1. The van der Waals surface area contributed by atoms with Crippen LogP contribution in [0.15, 0.2) is 58.8 Å². The number of sulfone groups is 1. The Kier molecular flexibility index (Phi) is 8.18. The summed E-state index contributed by atoms with van der Waals surface area (Å²) >= 11 is 0. The van der Waals surface area contributed by atoms with Crippen LogP contribution in [0.5, 0.6) is 0 Å². The fourth-order valence-electron chi connectivity index (χ4n) is 6.62. The second-order valence-electron chi connectivity index (χ2n) is 12.6. The molecular formula is C34H35F2N7O4S. The predicted octanol–water partition coefficient (Wildman–Crippen LogP) is 5.13. The second kappa shape index (κ2) is 11.9. The lowest BCUT2D eigenvalue weighted by molar-refractivity contribution is -0.131. The number of anilines is 1. The number of aromatic nitrogens is 5. The molecule has 1 aliphatic rings. The monoisotopic (exact) mass is 675 g/mol. The molecule has 250 valence electrons. The number of halogens is 2. The van der Waals surface area contributed by atoms with Gasteiger partial charge in [0, 0.05) is 54.5 Å². The summed E-state index contributed by atoms with van der Waals surface area (Å²) in [5.74, 6) is -2.91. The van der Waals surface area contributed by atoms with E-state index in [9.17, 15) is 22.4 Å². The second-order valence-corrected chi connectivity index (χ2v) is 14.5. The number of nitrogens with zero attached hydrogens (tertiary/aromatic N) is 6. The minimum absolute atomic E-state index is 0.00556. The number of amides is 1. The Morgan fingerprint density at radius 1 is 1.10 bits per heavy atom. The smallest absolute Gasteiger partial charge is 0.282 e. The Morgan fingerprint density at radius 3 is 2.48 bits per heavy atom. The van der Waals surface area contributed by atoms with Crippen LogP contribution in [0.25, 0.3) is 38.9 Å². The molecule has 1 fully saturated rings. The number of piperazine rings is 1. The van der Waals surface area contributed by atoms with Crippen LogP contribution < -0.4 is 10.5 Å². The molecular weight excluding hydrogens is 640 g/mol. The molecule has 5 aromatic rings. The van der Waals surface area contributed by atoms with Gasteiger partial charge in [-0.3, -0.25) is 24.2 Å². The Balaban J connectivity index is 1.76. The van der Waals surface area contributed by atoms with Gasteiger partial charge in [0.1, 0.15) is 11.5 Å². The molecule has 1 atom stereocenters. The highest BCUT2D eigenvalue weighted by Gasteiger charge is 2.36. The predicted molar refractivity (Wildman–Crippen MR) is 180 cm³/mol. The number of rotatable bonds is 6. The van der Waals surface area contributed by atoms with Crippen molar-refractivity contribution >= 4 is 43.4 Å². The number of benzene rings is 1. The first-order chi connectivity index (χ1) is 22.6. The molecule has 0 radical (unpaired) electrons. The molecule has 6 rings (SSSR count). The lowest BCUT2D eigenvalue weighted by Crippen LogP contribution is -2.54. The highest BCUT2D eigenvalue weighted by Crippen LogP contribution is 2.39. The van der Waals surface area contributed by atoms with E-state index in [1.165, 1.54) is 15.5 Å². The van der Waals surface area contributed by atoms with Crippen molar-refractivity contribution in [1.29, 1.82) is 0 Å². The van der Waals surface area contributed by atoms with Gasteiger partial charge in [-0.15, -0.1) is 0 Å². The van der Waals surface area contributed by atoms with Crippen molar-refractivity contribution in [3.8, 4) is 16.9 Å². The normalized spacial score (nSPS) is 15.6. The zero-order chi connectivity index (χ0) is 34.8. The van der Waals surface area contributed by atoms with Crippen LogP contribution in [0, 0.1) is 19.7 Å². The third-order valence-corrected chi connectivity index (χ3v) is 9.95. The van der Waals surface area contributed by atoms with E-state index < -0.39 is 43.9 Å². The number of pyridine rings is 3. The summed E-state index contributed by atoms with van der Waals surface area (Å²) in [6.07, 6.45) is 4.12. The van der Waals surface area contributed by atoms with Gasteiger partial charge in [0.05, 0.1) is 28.8 Å². The number of aryl methyl sites for hydroxylation is 2. The Bertz CT molecular complexity index is 2330. The van der Waals surface area contributed by atoms with Crippen LogP contribution in [-0.2, 0) is 14.6 Å². The number of aromatic amines is 1. The van der Waals surface area contributed by atoms with Gasteiger partial charge in [-0.05, 0) is 56.0 Å². The van der Waals surface area contributed by atoms with Crippen molar-refractivity contribution in [2.45, 2.75) is 51.5 Å². The maximum Gasteiger partial charge on any atom is 0.282 e. The molecule has 0 aliphatic carbocycles. The molecule has 5 heterocycles. The number of carbonyl (C=O) groups excluding carboxylic acids is 1. The van der Waals surface area contributed by atoms with E-state index in [2.05, 4.69) is 21.8 Å². The van der Waals surface area contributed by atoms with Gasteiger partial charge in [-0.1, -0.05) is 26.5 Å². The molecule has 1 saturated heterocycles. The fourth-order valence-corrected chi connectivity index (χ4v) is 7.62. The largest absolute Gasteiger partial charge is 0.366 e. The van der Waals surface area contributed by atoms with Crippen molar-refractivity contribution < 1.29 is 22.0 Å². The van der Waals surface area contributed by atoms with Crippen molar-refractivity contribution in [3.63, 3.8) is 0 Å². The molecule has 0 spiro atoms. The van der Waals surface area contributed by atoms with Crippen molar-refractivity contribution in [3.05, 3.63) is 82.1 Å².